The quantitative estimate of drug-likeness (QED) is 0.690. The highest BCUT2D eigenvalue weighted by Crippen LogP contribution is 2.16. The van der Waals surface area contributed by atoms with Crippen LogP contribution in [0.2, 0.25) is 0 Å². The summed E-state index contributed by atoms with van der Waals surface area (Å²) in [6.45, 7) is 5.14. The minimum Gasteiger partial charge on any atom is -0.268 e. The highest BCUT2D eigenvalue weighted by Gasteiger charge is 2.13. The van der Waals surface area contributed by atoms with E-state index in [4.69, 9.17) is 0 Å². The van der Waals surface area contributed by atoms with E-state index in [0.29, 0.717) is 11.0 Å². The monoisotopic (exact) mass is 219 g/mol. The van der Waals surface area contributed by atoms with Crippen LogP contribution in [0.5, 0.6) is 0 Å². The predicted octanol–water partition coefficient (Wildman–Crippen LogP) is 2.28. The molecule has 0 aliphatic carbocycles. The summed E-state index contributed by atoms with van der Waals surface area (Å²) < 4.78 is 1.96. The van der Waals surface area contributed by atoms with Gasteiger partial charge in [-0.25, -0.2) is 0 Å². The van der Waals surface area contributed by atoms with Gasteiger partial charge in [0, 0.05) is 5.57 Å². The average Bonchev–Trinajstić information content (AvgIpc) is 2.56. The molecule has 1 aromatic carbocycles. The Morgan fingerprint density at radius 1 is 1.40 bits per heavy atom. The molecular weight excluding hydrogens is 210 g/mol. The molecule has 0 N–H and O–H groups in total. The van der Waals surface area contributed by atoms with Gasteiger partial charge in [-0.3, -0.25) is 9.59 Å². The number of carbonyl (C=O) groups is 1. The smallest absolute Gasteiger partial charge is 0.268 e. The van der Waals surface area contributed by atoms with Crippen LogP contribution in [-0.4, -0.2) is 9.86 Å². The third-order valence-electron chi connectivity index (χ3n) is 2.04. The van der Waals surface area contributed by atoms with Crippen molar-refractivity contribution in [3.63, 3.8) is 0 Å². The van der Waals surface area contributed by atoms with Crippen LogP contribution in [0, 0.1) is 0 Å². The fraction of sp³-hybridized carbons (Fsp3) is 0.0909. The molecule has 2 aromatic rings. The molecule has 0 radical (unpaired) electrons. The van der Waals surface area contributed by atoms with Gasteiger partial charge in [-0.05, 0) is 30.6 Å². The number of carbonyl (C=O) groups excluding carboxylic acids is 1. The topological polar surface area (TPSA) is 39.1 Å². The maximum absolute atomic E-state index is 11.8. The minimum absolute atomic E-state index is 0.261. The Morgan fingerprint density at radius 3 is 2.67 bits per heavy atom. The lowest BCUT2D eigenvalue weighted by molar-refractivity contribution is 0.0964. The number of nitrogens with zero attached hydrogens (tertiary/aromatic N) is 1. The van der Waals surface area contributed by atoms with Crippen molar-refractivity contribution in [3.8, 4) is 0 Å². The Bertz CT molecular complexity index is 606. The van der Waals surface area contributed by atoms with E-state index >= 15 is 0 Å². The van der Waals surface area contributed by atoms with Crippen LogP contribution in [0.3, 0.4) is 0 Å². The summed E-state index contributed by atoms with van der Waals surface area (Å²) in [5, 5.41) is 0.581. The van der Waals surface area contributed by atoms with Crippen LogP contribution in [0.4, 0.5) is 0 Å². The number of hydrogen-bond acceptors (Lipinski definition) is 3. The number of aromatic nitrogens is 1. The molecule has 0 amide bonds. The van der Waals surface area contributed by atoms with Crippen LogP contribution in [0.25, 0.3) is 10.1 Å². The van der Waals surface area contributed by atoms with Crippen molar-refractivity contribution in [1.29, 1.82) is 0 Å². The summed E-state index contributed by atoms with van der Waals surface area (Å²) in [4.78, 5) is 23.4. The zero-order valence-corrected chi connectivity index (χ0v) is 9.00. The molecule has 0 fully saturated rings. The van der Waals surface area contributed by atoms with Gasteiger partial charge >= 0.3 is 0 Å². The van der Waals surface area contributed by atoms with Crippen LogP contribution >= 0.6 is 11.5 Å². The first-order chi connectivity index (χ1) is 7.11. The van der Waals surface area contributed by atoms with Crippen molar-refractivity contribution in [2.24, 2.45) is 0 Å². The maximum Gasteiger partial charge on any atom is 0.275 e. The first kappa shape index (κ1) is 9.86. The highest BCUT2D eigenvalue weighted by atomic mass is 32.1. The van der Waals surface area contributed by atoms with E-state index < -0.39 is 0 Å². The second-order valence-corrected chi connectivity index (χ2v) is 4.26. The zero-order valence-electron chi connectivity index (χ0n) is 8.19. The molecule has 0 saturated heterocycles. The molecule has 15 heavy (non-hydrogen) atoms. The van der Waals surface area contributed by atoms with Gasteiger partial charge in [-0.15, -0.1) is 0 Å². The van der Waals surface area contributed by atoms with Crippen LogP contribution < -0.4 is 5.56 Å². The number of allylic oxidation sites excluding steroid dienone is 1. The summed E-state index contributed by atoms with van der Waals surface area (Å²) in [7, 11) is 0. The van der Waals surface area contributed by atoms with Gasteiger partial charge in [0.1, 0.15) is 0 Å². The largest absolute Gasteiger partial charge is 0.275 e. The molecule has 0 unspecified atom stereocenters. The Labute approximate surface area is 90.4 Å². The summed E-state index contributed by atoms with van der Waals surface area (Å²) in [6.07, 6.45) is 0. The molecule has 0 saturated carbocycles. The van der Waals surface area contributed by atoms with E-state index in [1.165, 1.54) is 0 Å². The first-order valence-corrected chi connectivity index (χ1v) is 5.20. The first-order valence-electron chi connectivity index (χ1n) is 4.42. The van der Waals surface area contributed by atoms with Crippen molar-refractivity contribution >= 4 is 27.5 Å². The molecule has 3 nitrogen and oxygen atoms in total. The molecule has 0 bridgehead atoms. The van der Waals surface area contributed by atoms with Gasteiger partial charge < -0.3 is 0 Å². The molecule has 1 heterocycles. The zero-order chi connectivity index (χ0) is 11.0. The second-order valence-electron chi connectivity index (χ2n) is 3.27. The van der Waals surface area contributed by atoms with Gasteiger partial charge in [-0.2, -0.15) is 3.96 Å². The van der Waals surface area contributed by atoms with E-state index in [1.54, 1.807) is 19.1 Å². The van der Waals surface area contributed by atoms with Gasteiger partial charge in [0.05, 0.1) is 10.1 Å². The van der Waals surface area contributed by atoms with E-state index in [2.05, 4.69) is 6.58 Å². The number of rotatable bonds is 1. The van der Waals surface area contributed by atoms with Crippen LogP contribution in [0.15, 0.2) is 41.2 Å². The van der Waals surface area contributed by atoms with Crippen molar-refractivity contribution < 1.29 is 4.79 Å². The summed E-state index contributed by atoms with van der Waals surface area (Å²) in [5.41, 5.74) is 0.104. The fourth-order valence-electron chi connectivity index (χ4n) is 1.28. The number of hydrogen-bond donors (Lipinski definition) is 0. The minimum atomic E-state index is -0.332. The molecule has 0 atom stereocenters. The van der Waals surface area contributed by atoms with Crippen molar-refractivity contribution in [3.05, 3.63) is 46.8 Å². The van der Waals surface area contributed by atoms with Gasteiger partial charge in [-0.1, -0.05) is 18.7 Å². The molecule has 0 aliphatic rings. The van der Waals surface area contributed by atoms with Gasteiger partial charge in [0.25, 0.3) is 11.5 Å². The Kier molecular flexibility index (Phi) is 2.28. The van der Waals surface area contributed by atoms with E-state index in [9.17, 15) is 9.59 Å². The van der Waals surface area contributed by atoms with Crippen molar-refractivity contribution in [1.82, 2.24) is 3.96 Å². The molecule has 4 heteroatoms. The molecule has 1 aromatic heterocycles. The predicted molar refractivity (Wildman–Crippen MR) is 61.5 cm³/mol. The third kappa shape index (κ3) is 1.53. The fourth-order valence-corrected chi connectivity index (χ4v) is 2.29. The van der Waals surface area contributed by atoms with Crippen LogP contribution in [-0.2, 0) is 0 Å². The van der Waals surface area contributed by atoms with E-state index in [-0.39, 0.29) is 11.5 Å². The van der Waals surface area contributed by atoms with E-state index in [0.717, 1.165) is 20.2 Å². The normalized spacial score (nSPS) is 10.5. The molecular formula is C11H9NO2S. The Morgan fingerprint density at radius 2 is 2.07 bits per heavy atom. The van der Waals surface area contributed by atoms with Gasteiger partial charge in [0.2, 0.25) is 0 Å². The highest BCUT2D eigenvalue weighted by molar-refractivity contribution is 7.14. The standard InChI is InChI=1S/C11H9NO2S/c1-7(2)10(13)12-11(14)8-5-3-4-6-9(8)15-12/h3-6H,1H2,2H3. The third-order valence-corrected chi connectivity index (χ3v) is 3.11. The van der Waals surface area contributed by atoms with Crippen molar-refractivity contribution in [2.75, 3.05) is 0 Å². The molecule has 0 spiro atoms. The van der Waals surface area contributed by atoms with Gasteiger partial charge in [0.15, 0.2) is 0 Å². The number of fused-ring (bicyclic) bond motifs is 1. The molecule has 2 rings (SSSR count). The van der Waals surface area contributed by atoms with Crippen molar-refractivity contribution in [2.45, 2.75) is 6.92 Å². The SMILES string of the molecule is C=C(C)C(=O)n1sc2ccccc2c1=O. The number of benzene rings is 1. The summed E-state index contributed by atoms with van der Waals surface area (Å²) in [5.74, 6) is -0.332. The Balaban J connectivity index is 2.74. The molecule has 76 valence electrons. The lowest BCUT2D eigenvalue weighted by atomic mass is 10.3. The van der Waals surface area contributed by atoms with Crippen LogP contribution in [0.1, 0.15) is 11.7 Å². The summed E-state index contributed by atoms with van der Waals surface area (Å²) >= 11 is 1.15. The summed E-state index contributed by atoms with van der Waals surface area (Å²) in [6, 6.07) is 7.17. The lowest BCUT2D eigenvalue weighted by Gasteiger charge is -1.95. The van der Waals surface area contributed by atoms with E-state index in [1.807, 2.05) is 12.1 Å². The maximum atomic E-state index is 11.8. The Hall–Kier alpha value is -1.68. The average molecular weight is 219 g/mol. The second kappa shape index (κ2) is 3.47. The molecule has 0 aliphatic heterocycles. The lowest BCUT2D eigenvalue weighted by Crippen LogP contribution is -2.21.